The summed E-state index contributed by atoms with van der Waals surface area (Å²) in [6.45, 7) is 14.3. The predicted octanol–water partition coefficient (Wildman–Crippen LogP) is 6.84. The number of hydrogen-bond acceptors (Lipinski definition) is 4. The van der Waals surface area contributed by atoms with Crippen LogP contribution in [-0.2, 0) is 15.6 Å². The van der Waals surface area contributed by atoms with Gasteiger partial charge in [-0.05, 0) is 71.0 Å². The van der Waals surface area contributed by atoms with Crippen molar-refractivity contribution in [1.29, 1.82) is 0 Å². The number of phenolic OH excluding ortho intramolecular Hbond substituents is 1. The van der Waals surface area contributed by atoms with Crippen LogP contribution in [0.4, 0.5) is 5.69 Å². The molecule has 6 heteroatoms. The molecule has 31 heavy (non-hydrogen) atoms. The number of rotatable bonds is 2. The first kappa shape index (κ1) is 23.4. The zero-order chi connectivity index (χ0) is 23.1. The number of hydrogen-bond donors (Lipinski definition) is 2. The number of thioether (sulfide) groups is 1. The first-order chi connectivity index (χ1) is 14.3. The lowest BCUT2D eigenvalue weighted by atomic mass is 9.78. The van der Waals surface area contributed by atoms with E-state index in [1.165, 1.54) is 11.8 Å². The van der Waals surface area contributed by atoms with E-state index in [0.717, 1.165) is 27.9 Å². The van der Waals surface area contributed by atoms with E-state index < -0.39 is 0 Å². The molecule has 2 aromatic carbocycles. The van der Waals surface area contributed by atoms with Crippen molar-refractivity contribution in [3.05, 3.63) is 62.5 Å². The highest BCUT2D eigenvalue weighted by molar-refractivity contribution is 8.18. The van der Waals surface area contributed by atoms with E-state index in [1.54, 1.807) is 0 Å². The third-order valence-electron chi connectivity index (χ3n) is 5.16. The van der Waals surface area contributed by atoms with Gasteiger partial charge in [-0.3, -0.25) is 4.79 Å². The van der Waals surface area contributed by atoms with Crippen LogP contribution in [0.15, 0.2) is 40.2 Å². The number of aliphatic imine (C=N–C) groups is 1. The zero-order valence-electron chi connectivity index (χ0n) is 19.1. The highest BCUT2D eigenvalue weighted by atomic mass is 35.5. The minimum absolute atomic E-state index is 0.189. The minimum Gasteiger partial charge on any atom is -0.507 e. The third-order valence-corrected chi connectivity index (χ3v) is 6.48. The van der Waals surface area contributed by atoms with Gasteiger partial charge in [-0.25, -0.2) is 4.99 Å². The second kappa shape index (κ2) is 8.36. The normalized spacial score (nSPS) is 17.5. The van der Waals surface area contributed by atoms with Crippen molar-refractivity contribution in [2.45, 2.75) is 59.3 Å². The Balaban J connectivity index is 2.03. The summed E-state index contributed by atoms with van der Waals surface area (Å²) in [6.07, 6.45) is 1.86. The summed E-state index contributed by atoms with van der Waals surface area (Å²) in [5.74, 6) is 0.135. The Morgan fingerprint density at radius 1 is 1.06 bits per heavy atom. The van der Waals surface area contributed by atoms with Crippen molar-refractivity contribution in [3.63, 3.8) is 0 Å². The summed E-state index contributed by atoms with van der Waals surface area (Å²) in [5.41, 5.74) is 3.72. The van der Waals surface area contributed by atoms with Gasteiger partial charge in [0.1, 0.15) is 5.75 Å². The van der Waals surface area contributed by atoms with Crippen molar-refractivity contribution in [2.24, 2.45) is 4.99 Å². The Labute approximate surface area is 193 Å². The molecule has 0 aliphatic carbocycles. The molecule has 3 rings (SSSR count). The predicted molar refractivity (Wildman–Crippen MR) is 133 cm³/mol. The average molecular weight is 457 g/mol. The van der Waals surface area contributed by atoms with E-state index >= 15 is 0 Å². The maximum Gasteiger partial charge on any atom is 0.264 e. The average Bonchev–Trinajstić information content (AvgIpc) is 2.97. The molecule has 4 nitrogen and oxygen atoms in total. The summed E-state index contributed by atoms with van der Waals surface area (Å²) in [5, 5.41) is 14.9. The van der Waals surface area contributed by atoms with E-state index in [0.29, 0.717) is 20.8 Å². The number of nitrogens with one attached hydrogen (secondary N) is 1. The quantitative estimate of drug-likeness (QED) is 0.486. The maximum atomic E-state index is 12.6. The molecular weight excluding hydrogens is 428 g/mol. The summed E-state index contributed by atoms with van der Waals surface area (Å²) >= 11 is 7.48. The third kappa shape index (κ3) is 5.16. The first-order valence-corrected chi connectivity index (χ1v) is 11.4. The molecule has 1 aliphatic rings. The van der Waals surface area contributed by atoms with Gasteiger partial charge >= 0.3 is 0 Å². The van der Waals surface area contributed by atoms with Crippen LogP contribution in [0.5, 0.6) is 5.75 Å². The molecule has 1 heterocycles. The first-order valence-electron chi connectivity index (χ1n) is 10.2. The summed E-state index contributed by atoms with van der Waals surface area (Å²) in [7, 11) is 0. The molecule has 0 aromatic heterocycles. The molecular formula is C25H29ClN2O2S. The highest BCUT2D eigenvalue weighted by Gasteiger charge is 2.28. The van der Waals surface area contributed by atoms with Crippen LogP contribution < -0.4 is 5.32 Å². The molecule has 1 saturated heterocycles. The lowest BCUT2D eigenvalue weighted by Gasteiger charge is -2.28. The van der Waals surface area contributed by atoms with Gasteiger partial charge in [0.25, 0.3) is 5.91 Å². The SMILES string of the molecule is Cc1c(Cl)cccc1N=C1NC(=O)/C(=C/c2cc(C(C)(C)C)c(O)c(C(C)(C)C)c2)S1. The Morgan fingerprint density at radius 2 is 1.65 bits per heavy atom. The molecule has 2 N–H and O–H groups in total. The Morgan fingerprint density at radius 3 is 2.19 bits per heavy atom. The molecule has 1 fully saturated rings. The molecule has 0 saturated carbocycles. The number of carbonyl (C=O) groups is 1. The van der Waals surface area contributed by atoms with Crippen LogP contribution >= 0.6 is 23.4 Å². The molecule has 164 valence electrons. The van der Waals surface area contributed by atoms with Crippen molar-refractivity contribution >= 4 is 46.2 Å². The lowest BCUT2D eigenvalue weighted by molar-refractivity contribution is -0.115. The summed E-state index contributed by atoms with van der Waals surface area (Å²) in [6, 6.07) is 9.44. The molecule has 1 aliphatic heterocycles. The van der Waals surface area contributed by atoms with Crippen LogP contribution in [0.25, 0.3) is 6.08 Å². The highest BCUT2D eigenvalue weighted by Crippen LogP contribution is 2.41. The lowest BCUT2D eigenvalue weighted by Crippen LogP contribution is -2.19. The van der Waals surface area contributed by atoms with Crippen LogP contribution in [0.2, 0.25) is 5.02 Å². The monoisotopic (exact) mass is 456 g/mol. The topological polar surface area (TPSA) is 61.7 Å². The smallest absolute Gasteiger partial charge is 0.264 e. The van der Waals surface area contributed by atoms with Gasteiger partial charge in [0.05, 0.1) is 10.6 Å². The van der Waals surface area contributed by atoms with Crippen LogP contribution in [0.3, 0.4) is 0 Å². The molecule has 0 radical (unpaired) electrons. The van der Waals surface area contributed by atoms with E-state index in [2.05, 4.69) is 51.9 Å². The molecule has 2 aromatic rings. The number of halogens is 1. The molecule has 0 spiro atoms. The Kier molecular flexibility index (Phi) is 6.32. The van der Waals surface area contributed by atoms with Gasteiger partial charge in [0.15, 0.2) is 5.17 Å². The second-order valence-electron chi connectivity index (χ2n) is 9.83. The fourth-order valence-corrected chi connectivity index (χ4v) is 4.35. The molecule has 0 atom stereocenters. The van der Waals surface area contributed by atoms with Crippen molar-refractivity contribution in [1.82, 2.24) is 5.32 Å². The second-order valence-corrected chi connectivity index (χ2v) is 11.3. The van der Waals surface area contributed by atoms with Crippen molar-refractivity contribution in [2.75, 3.05) is 0 Å². The molecule has 0 unspecified atom stereocenters. The van der Waals surface area contributed by atoms with Gasteiger partial charge in [-0.1, -0.05) is 59.2 Å². The van der Waals surface area contributed by atoms with Gasteiger partial charge < -0.3 is 10.4 Å². The number of aromatic hydroxyl groups is 1. The largest absolute Gasteiger partial charge is 0.507 e. The maximum absolute atomic E-state index is 12.6. The Hall–Kier alpha value is -2.24. The number of benzene rings is 2. The number of amides is 1. The van der Waals surface area contributed by atoms with E-state index in [-0.39, 0.29) is 16.7 Å². The number of carbonyl (C=O) groups excluding carboxylic acids is 1. The van der Waals surface area contributed by atoms with Gasteiger partial charge in [-0.2, -0.15) is 0 Å². The fraction of sp³-hybridized carbons (Fsp3) is 0.360. The molecule has 1 amide bonds. The van der Waals surface area contributed by atoms with Gasteiger partial charge in [0, 0.05) is 16.1 Å². The van der Waals surface area contributed by atoms with E-state index in [4.69, 9.17) is 11.6 Å². The van der Waals surface area contributed by atoms with Crippen LogP contribution in [0, 0.1) is 6.92 Å². The fourth-order valence-electron chi connectivity index (χ4n) is 3.34. The number of phenols is 1. The van der Waals surface area contributed by atoms with Gasteiger partial charge in [-0.15, -0.1) is 0 Å². The van der Waals surface area contributed by atoms with E-state index in [9.17, 15) is 9.90 Å². The summed E-state index contributed by atoms with van der Waals surface area (Å²) in [4.78, 5) is 17.7. The standard InChI is InChI=1S/C25H29ClN2O2S/c1-14-18(26)9-8-10-19(14)27-23-28-22(30)20(31-23)13-15-11-16(24(2,3)4)21(29)17(12-15)25(5,6)7/h8-13,29H,1-7H3,(H,27,28,30)/b20-13-. The van der Waals surface area contributed by atoms with Crippen LogP contribution in [-0.4, -0.2) is 16.2 Å². The van der Waals surface area contributed by atoms with Crippen LogP contribution in [0.1, 0.15) is 63.8 Å². The summed E-state index contributed by atoms with van der Waals surface area (Å²) < 4.78 is 0. The zero-order valence-corrected chi connectivity index (χ0v) is 20.6. The van der Waals surface area contributed by atoms with Crippen molar-refractivity contribution in [3.8, 4) is 5.75 Å². The van der Waals surface area contributed by atoms with E-state index in [1.807, 2.05) is 43.3 Å². The van der Waals surface area contributed by atoms with Crippen molar-refractivity contribution < 1.29 is 9.90 Å². The minimum atomic E-state index is -0.236. The Bertz CT molecular complexity index is 1070. The van der Waals surface area contributed by atoms with Gasteiger partial charge in [0.2, 0.25) is 0 Å². The number of amidine groups is 1. The number of nitrogens with zero attached hydrogens (tertiary/aromatic N) is 1. The molecule has 0 bridgehead atoms.